The Labute approximate surface area is 162 Å². The van der Waals surface area contributed by atoms with Gasteiger partial charge in [-0.25, -0.2) is 4.90 Å². The average Bonchev–Trinajstić information content (AvgIpc) is 3.23. The summed E-state index contributed by atoms with van der Waals surface area (Å²) >= 11 is 0. The van der Waals surface area contributed by atoms with Crippen molar-refractivity contribution in [3.63, 3.8) is 0 Å². The van der Waals surface area contributed by atoms with E-state index in [1.165, 1.54) is 19.1 Å². The zero-order chi connectivity index (χ0) is 20.0. The molecule has 2 aromatic carbocycles. The number of benzene rings is 2. The number of methoxy groups -OCH3 is 2. The molecule has 0 unspecified atom stereocenters. The number of fused-ring (bicyclic) bond motifs is 1. The highest BCUT2D eigenvalue weighted by molar-refractivity contribution is 6.32. The van der Waals surface area contributed by atoms with Crippen molar-refractivity contribution in [1.82, 2.24) is 0 Å². The predicted molar refractivity (Wildman–Crippen MR) is 103 cm³/mol. The molecule has 0 spiro atoms. The highest BCUT2D eigenvalue weighted by atomic mass is 16.7. The summed E-state index contributed by atoms with van der Waals surface area (Å²) in [6.07, 6.45) is -0.972. The molecule has 2 atom stereocenters. The summed E-state index contributed by atoms with van der Waals surface area (Å²) in [5, 5.41) is 4.05. The average molecular weight is 380 g/mol. The first-order valence-corrected chi connectivity index (χ1v) is 8.88. The molecule has 2 aromatic rings. The van der Waals surface area contributed by atoms with Gasteiger partial charge in [0.2, 0.25) is 12.0 Å². The maximum Gasteiger partial charge on any atom is 0.278 e. The second-order valence-electron chi connectivity index (χ2n) is 6.80. The maximum atomic E-state index is 13.2. The molecule has 2 aliphatic heterocycles. The van der Waals surface area contributed by atoms with Gasteiger partial charge in [0.25, 0.3) is 5.91 Å². The third-order valence-electron chi connectivity index (χ3n) is 5.24. The molecule has 1 saturated heterocycles. The van der Waals surface area contributed by atoms with Crippen molar-refractivity contribution in [2.75, 3.05) is 19.1 Å². The summed E-state index contributed by atoms with van der Waals surface area (Å²) in [6.45, 7) is 3.92. The van der Waals surface area contributed by atoms with Gasteiger partial charge in [-0.05, 0) is 49.2 Å². The lowest BCUT2D eigenvalue weighted by Gasteiger charge is -2.17. The van der Waals surface area contributed by atoms with Crippen molar-refractivity contribution in [1.29, 1.82) is 0 Å². The lowest BCUT2D eigenvalue weighted by atomic mass is 9.93. The highest BCUT2D eigenvalue weighted by Gasteiger charge is 2.56. The smallest absolute Gasteiger partial charge is 0.278 e. The van der Waals surface area contributed by atoms with E-state index >= 15 is 0 Å². The Morgan fingerprint density at radius 1 is 1.00 bits per heavy atom. The van der Waals surface area contributed by atoms with Crippen LogP contribution >= 0.6 is 0 Å². The molecular weight excluding hydrogens is 360 g/mol. The molecule has 0 aromatic heterocycles. The Morgan fingerprint density at radius 3 is 2.46 bits per heavy atom. The lowest BCUT2D eigenvalue weighted by molar-refractivity contribution is -0.126. The number of anilines is 1. The summed E-state index contributed by atoms with van der Waals surface area (Å²) in [5.41, 5.74) is 3.55. The summed E-state index contributed by atoms with van der Waals surface area (Å²) in [6, 6.07) is 10.8. The molecule has 1 fully saturated rings. The third-order valence-corrected chi connectivity index (χ3v) is 5.24. The number of nitrogens with zero attached hydrogens (tertiary/aromatic N) is 2. The van der Waals surface area contributed by atoms with Crippen molar-refractivity contribution < 1.29 is 23.9 Å². The normalized spacial score (nSPS) is 20.7. The van der Waals surface area contributed by atoms with Crippen LogP contribution in [0.25, 0.3) is 0 Å². The molecule has 7 heteroatoms. The molecule has 2 amide bonds. The standard InChI is InChI=1S/C21H20N2O5/c1-11-8-9-13(10-12(11)2)23-20(24)16-17(22-28-19(16)21(23)25)14-6-5-7-15(26-3)18(14)27-4/h5-10,16,19H,1-4H3/t16-,19-/m0/s1. The van der Waals surface area contributed by atoms with Gasteiger partial charge in [-0.15, -0.1) is 0 Å². The molecule has 4 rings (SSSR count). The Bertz CT molecular complexity index is 1010. The quantitative estimate of drug-likeness (QED) is 0.762. The molecule has 144 valence electrons. The van der Waals surface area contributed by atoms with Crippen molar-refractivity contribution in [3.05, 3.63) is 53.1 Å². The zero-order valence-electron chi connectivity index (χ0n) is 16.1. The third kappa shape index (κ3) is 2.54. The Morgan fingerprint density at radius 2 is 1.79 bits per heavy atom. The molecule has 2 aliphatic rings. The van der Waals surface area contributed by atoms with Crippen LogP contribution in [0.2, 0.25) is 0 Å². The van der Waals surface area contributed by atoms with Crippen LogP contribution in [0.15, 0.2) is 41.6 Å². The fourth-order valence-electron chi connectivity index (χ4n) is 3.61. The van der Waals surface area contributed by atoms with Crippen molar-refractivity contribution in [2.45, 2.75) is 20.0 Å². The second-order valence-corrected chi connectivity index (χ2v) is 6.80. The highest BCUT2D eigenvalue weighted by Crippen LogP contribution is 2.39. The Kier molecular flexibility index (Phi) is 4.30. The molecule has 0 aliphatic carbocycles. The van der Waals surface area contributed by atoms with Crippen LogP contribution in [-0.2, 0) is 14.4 Å². The fourth-order valence-corrected chi connectivity index (χ4v) is 3.61. The summed E-state index contributed by atoms with van der Waals surface area (Å²) in [7, 11) is 3.04. The number of hydrogen-bond acceptors (Lipinski definition) is 6. The minimum atomic E-state index is -0.972. The van der Waals surface area contributed by atoms with Crippen LogP contribution in [0.1, 0.15) is 16.7 Å². The van der Waals surface area contributed by atoms with Gasteiger partial charge in [-0.2, -0.15) is 0 Å². The minimum absolute atomic E-state index is 0.362. The number of imide groups is 1. The minimum Gasteiger partial charge on any atom is -0.493 e. The van der Waals surface area contributed by atoms with Crippen LogP contribution in [0, 0.1) is 19.8 Å². The predicted octanol–water partition coefficient (Wildman–Crippen LogP) is 2.61. The molecule has 7 nitrogen and oxygen atoms in total. The van der Waals surface area contributed by atoms with Crippen molar-refractivity contribution in [3.8, 4) is 11.5 Å². The Balaban J connectivity index is 1.74. The first-order valence-electron chi connectivity index (χ1n) is 8.88. The van der Waals surface area contributed by atoms with Crippen LogP contribution in [0.5, 0.6) is 11.5 Å². The maximum absolute atomic E-state index is 13.2. The van der Waals surface area contributed by atoms with Crippen LogP contribution in [0.4, 0.5) is 5.69 Å². The van der Waals surface area contributed by atoms with E-state index in [0.717, 1.165) is 11.1 Å². The first-order chi connectivity index (χ1) is 13.5. The van der Waals surface area contributed by atoms with E-state index in [2.05, 4.69) is 5.16 Å². The number of aryl methyl sites for hydroxylation is 2. The number of carbonyl (C=O) groups is 2. The molecule has 0 saturated carbocycles. The van der Waals surface area contributed by atoms with E-state index in [4.69, 9.17) is 14.3 Å². The number of oxime groups is 1. The molecule has 0 radical (unpaired) electrons. The van der Waals surface area contributed by atoms with E-state index in [-0.39, 0.29) is 5.91 Å². The summed E-state index contributed by atoms with van der Waals surface area (Å²) < 4.78 is 10.8. The Hall–Kier alpha value is -3.35. The van der Waals surface area contributed by atoms with Gasteiger partial charge in [0.05, 0.1) is 19.9 Å². The second kappa shape index (κ2) is 6.67. The van der Waals surface area contributed by atoms with Crippen LogP contribution in [-0.4, -0.2) is 37.8 Å². The monoisotopic (exact) mass is 380 g/mol. The fraction of sp³-hybridized carbons (Fsp3) is 0.286. The van der Waals surface area contributed by atoms with E-state index in [1.807, 2.05) is 26.0 Å². The van der Waals surface area contributed by atoms with Gasteiger partial charge >= 0.3 is 0 Å². The van der Waals surface area contributed by atoms with Gasteiger partial charge < -0.3 is 14.3 Å². The van der Waals surface area contributed by atoms with E-state index < -0.39 is 17.9 Å². The molecule has 2 heterocycles. The van der Waals surface area contributed by atoms with E-state index in [1.54, 1.807) is 24.3 Å². The van der Waals surface area contributed by atoms with Gasteiger partial charge in [0.1, 0.15) is 11.6 Å². The number of hydrogen-bond donors (Lipinski definition) is 0. The topological polar surface area (TPSA) is 77.4 Å². The van der Waals surface area contributed by atoms with E-state index in [0.29, 0.717) is 28.5 Å². The van der Waals surface area contributed by atoms with Gasteiger partial charge in [0, 0.05) is 5.56 Å². The molecule has 0 N–H and O–H groups in total. The molecule has 28 heavy (non-hydrogen) atoms. The number of ether oxygens (including phenoxy) is 2. The first kappa shape index (κ1) is 18.0. The van der Waals surface area contributed by atoms with Gasteiger partial charge in [0.15, 0.2) is 11.5 Å². The summed E-state index contributed by atoms with van der Waals surface area (Å²) in [4.78, 5) is 32.7. The zero-order valence-corrected chi connectivity index (χ0v) is 16.1. The SMILES string of the molecule is COc1cccc(C2=NO[C@@H]3C(=O)N(c4ccc(C)c(C)c4)C(=O)[C@@H]23)c1OC. The number of carbonyl (C=O) groups excluding carboxylic acids is 2. The number of rotatable bonds is 4. The van der Waals surface area contributed by atoms with Gasteiger partial charge in [-0.3, -0.25) is 9.59 Å². The van der Waals surface area contributed by atoms with Crippen molar-refractivity contribution >= 4 is 23.2 Å². The number of para-hydroxylation sites is 1. The molecular formula is C21H20N2O5. The largest absolute Gasteiger partial charge is 0.493 e. The lowest BCUT2D eigenvalue weighted by Crippen LogP contribution is -2.33. The summed E-state index contributed by atoms with van der Waals surface area (Å²) in [5.74, 6) is -0.653. The van der Waals surface area contributed by atoms with Gasteiger partial charge in [-0.1, -0.05) is 17.3 Å². The van der Waals surface area contributed by atoms with Crippen LogP contribution in [0.3, 0.4) is 0 Å². The number of amides is 2. The van der Waals surface area contributed by atoms with E-state index in [9.17, 15) is 9.59 Å². The molecule has 0 bridgehead atoms. The van der Waals surface area contributed by atoms with Crippen LogP contribution < -0.4 is 14.4 Å². The van der Waals surface area contributed by atoms with Crippen molar-refractivity contribution in [2.24, 2.45) is 11.1 Å².